The molecule has 0 saturated heterocycles. The number of carbonyl (C=O) groups is 5. The lowest BCUT2D eigenvalue weighted by Crippen LogP contribution is -2.31. The molecule has 0 aliphatic heterocycles. The topological polar surface area (TPSA) is 135 Å². The zero-order chi connectivity index (χ0) is 47.3. The quantitative estimate of drug-likeness (QED) is 0.0328. The Labute approximate surface area is 392 Å². The standard InChI is InChI=1S/C53H99NO10/c1-7-12-16-20-22-27-35-46(33-25-18-14-9-3)52(58)60-42-31-24-29-37-49(55)62-44-48(45-63-50(56)39-41-54(6)40-11-5)64-51(57)38-30-32-43-61-53(59)47(34-26-19-15-10-4)36-28-23-21-17-13-8-2/h46-48H,7-45H2,1-6H3. The lowest BCUT2D eigenvalue weighted by molar-refractivity contribution is -0.167. The molecule has 64 heavy (non-hydrogen) atoms. The molecule has 0 N–H and O–H groups in total. The number of hydrogen-bond acceptors (Lipinski definition) is 11. The van der Waals surface area contributed by atoms with E-state index in [0.717, 1.165) is 90.0 Å². The van der Waals surface area contributed by atoms with Gasteiger partial charge in [-0.3, -0.25) is 24.0 Å². The maximum Gasteiger partial charge on any atom is 0.308 e. The third-order valence-corrected chi connectivity index (χ3v) is 12.0. The SMILES string of the molecule is CCCCCCCCC(CCCCCC)C(=O)OCCCCCC(=O)OCC(COC(=O)CCN(C)CCC)OC(=O)CCCCOC(=O)C(CCCCCC)CCCCCCCC. The van der Waals surface area contributed by atoms with Gasteiger partial charge in [0.2, 0.25) is 0 Å². The van der Waals surface area contributed by atoms with Gasteiger partial charge in [-0.05, 0) is 77.8 Å². The fourth-order valence-corrected chi connectivity index (χ4v) is 7.89. The van der Waals surface area contributed by atoms with Gasteiger partial charge in [0.25, 0.3) is 0 Å². The first kappa shape index (κ1) is 61.3. The first-order valence-electron chi connectivity index (χ1n) is 26.6. The van der Waals surface area contributed by atoms with Crippen LogP contribution in [-0.2, 0) is 47.7 Å². The van der Waals surface area contributed by atoms with Gasteiger partial charge in [-0.2, -0.15) is 0 Å². The fourth-order valence-electron chi connectivity index (χ4n) is 7.89. The Morgan fingerprint density at radius 2 is 0.734 bits per heavy atom. The molecule has 376 valence electrons. The third kappa shape index (κ3) is 38.6. The molecule has 0 amide bonds. The number of esters is 5. The van der Waals surface area contributed by atoms with Crippen LogP contribution in [0.4, 0.5) is 0 Å². The van der Waals surface area contributed by atoms with E-state index in [4.69, 9.17) is 23.7 Å². The molecule has 11 nitrogen and oxygen atoms in total. The van der Waals surface area contributed by atoms with Crippen LogP contribution in [0.15, 0.2) is 0 Å². The Morgan fingerprint density at radius 3 is 1.19 bits per heavy atom. The minimum Gasteiger partial charge on any atom is -0.465 e. The molecule has 0 aromatic carbocycles. The van der Waals surface area contributed by atoms with Crippen LogP contribution in [0.2, 0.25) is 0 Å². The molecule has 0 heterocycles. The maximum atomic E-state index is 13.0. The Morgan fingerprint density at radius 1 is 0.375 bits per heavy atom. The minimum atomic E-state index is -0.937. The van der Waals surface area contributed by atoms with Crippen LogP contribution in [-0.4, -0.2) is 87.4 Å². The zero-order valence-corrected chi connectivity index (χ0v) is 42.3. The van der Waals surface area contributed by atoms with Crippen LogP contribution in [0.1, 0.15) is 247 Å². The average Bonchev–Trinajstić information content (AvgIpc) is 3.28. The third-order valence-electron chi connectivity index (χ3n) is 12.0. The van der Waals surface area contributed by atoms with Crippen molar-refractivity contribution >= 4 is 29.8 Å². The molecular formula is C53H99NO10. The lowest BCUT2D eigenvalue weighted by atomic mass is 9.94. The molecule has 3 unspecified atom stereocenters. The largest absolute Gasteiger partial charge is 0.465 e. The summed E-state index contributed by atoms with van der Waals surface area (Å²) in [5, 5.41) is 0. The molecule has 0 rings (SSSR count). The summed E-state index contributed by atoms with van der Waals surface area (Å²) < 4.78 is 28.0. The van der Waals surface area contributed by atoms with Crippen molar-refractivity contribution in [2.45, 2.75) is 253 Å². The number of unbranched alkanes of at least 4 members (excludes halogenated alkanes) is 19. The molecular weight excluding hydrogens is 811 g/mol. The van der Waals surface area contributed by atoms with Gasteiger partial charge in [-0.15, -0.1) is 0 Å². The van der Waals surface area contributed by atoms with Crippen molar-refractivity contribution in [3.63, 3.8) is 0 Å². The summed E-state index contributed by atoms with van der Waals surface area (Å²) in [6.07, 6.45) is 30.4. The van der Waals surface area contributed by atoms with E-state index in [0.29, 0.717) is 45.3 Å². The summed E-state index contributed by atoms with van der Waals surface area (Å²) in [5.41, 5.74) is 0. The van der Waals surface area contributed by atoms with Gasteiger partial charge in [0, 0.05) is 19.4 Å². The van der Waals surface area contributed by atoms with Gasteiger partial charge < -0.3 is 28.6 Å². The van der Waals surface area contributed by atoms with Gasteiger partial charge in [-0.25, -0.2) is 0 Å². The van der Waals surface area contributed by atoms with Crippen molar-refractivity contribution in [1.29, 1.82) is 0 Å². The number of rotatable bonds is 47. The van der Waals surface area contributed by atoms with Gasteiger partial charge in [0.05, 0.1) is 31.5 Å². The van der Waals surface area contributed by atoms with Crippen molar-refractivity contribution in [2.75, 3.05) is 46.6 Å². The first-order valence-corrected chi connectivity index (χ1v) is 26.6. The van der Waals surface area contributed by atoms with Gasteiger partial charge >= 0.3 is 29.8 Å². The highest BCUT2D eigenvalue weighted by Crippen LogP contribution is 2.22. The van der Waals surface area contributed by atoms with Gasteiger partial charge in [0.15, 0.2) is 6.10 Å². The molecule has 0 bridgehead atoms. The van der Waals surface area contributed by atoms with E-state index in [2.05, 4.69) is 39.5 Å². The van der Waals surface area contributed by atoms with Gasteiger partial charge in [-0.1, -0.05) is 163 Å². The van der Waals surface area contributed by atoms with Crippen molar-refractivity contribution in [2.24, 2.45) is 11.8 Å². The summed E-state index contributed by atoms with van der Waals surface area (Å²) in [5.74, 6) is -1.66. The molecule has 3 atom stereocenters. The van der Waals surface area contributed by atoms with Crippen molar-refractivity contribution in [3.8, 4) is 0 Å². The van der Waals surface area contributed by atoms with E-state index in [-0.39, 0.29) is 62.9 Å². The van der Waals surface area contributed by atoms with Crippen molar-refractivity contribution in [3.05, 3.63) is 0 Å². The lowest BCUT2D eigenvalue weighted by Gasteiger charge is -2.19. The van der Waals surface area contributed by atoms with Crippen LogP contribution in [0.5, 0.6) is 0 Å². The fraction of sp³-hybridized carbons (Fsp3) is 0.906. The monoisotopic (exact) mass is 910 g/mol. The van der Waals surface area contributed by atoms with E-state index >= 15 is 0 Å². The van der Waals surface area contributed by atoms with Crippen LogP contribution in [0.3, 0.4) is 0 Å². The van der Waals surface area contributed by atoms with Crippen molar-refractivity contribution in [1.82, 2.24) is 4.90 Å². The first-order chi connectivity index (χ1) is 31.1. The molecule has 0 aliphatic rings. The number of carbonyl (C=O) groups excluding carboxylic acids is 5. The van der Waals surface area contributed by atoms with E-state index in [1.54, 1.807) is 0 Å². The van der Waals surface area contributed by atoms with Crippen LogP contribution < -0.4 is 0 Å². The van der Waals surface area contributed by atoms with Crippen LogP contribution >= 0.6 is 0 Å². The summed E-state index contributed by atoms with van der Waals surface area (Å²) in [4.78, 5) is 66.2. The van der Waals surface area contributed by atoms with E-state index in [1.165, 1.54) is 77.0 Å². The molecule has 0 aromatic rings. The normalized spacial score (nSPS) is 12.7. The van der Waals surface area contributed by atoms with Crippen LogP contribution in [0.25, 0.3) is 0 Å². The van der Waals surface area contributed by atoms with Crippen LogP contribution in [0, 0.1) is 11.8 Å². The smallest absolute Gasteiger partial charge is 0.308 e. The second-order valence-corrected chi connectivity index (χ2v) is 18.3. The highest BCUT2D eigenvalue weighted by Gasteiger charge is 2.22. The van der Waals surface area contributed by atoms with E-state index in [1.807, 2.05) is 7.05 Å². The number of nitrogens with zero attached hydrogens (tertiary/aromatic N) is 1. The summed E-state index contributed by atoms with van der Waals surface area (Å²) >= 11 is 0. The zero-order valence-electron chi connectivity index (χ0n) is 42.3. The molecule has 0 aromatic heterocycles. The average molecular weight is 910 g/mol. The Hall–Kier alpha value is -2.69. The predicted octanol–water partition coefficient (Wildman–Crippen LogP) is 13.2. The molecule has 0 saturated carbocycles. The predicted molar refractivity (Wildman–Crippen MR) is 259 cm³/mol. The summed E-state index contributed by atoms with van der Waals surface area (Å²) in [7, 11) is 1.95. The number of hydrogen-bond donors (Lipinski definition) is 0. The highest BCUT2D eigenvalue weighted by atomic mass is 16.6. The summed E-state index contributed by atoms with van der Waals surface area (Å²) in [6.45, 7) is 12.5. The molecule has 0 fully saturated rings. The van der Waals surface area contributed by atoms with E-state index < -0.39 is 24.0 Å². The second-order valence-electron chi connectivity index (χ2n) is 18.3. The minimum absolute atomic E-state index is 0.0337. The van der Waals surface area contributed by atoms with Crippen molar-refractivity contribution < 1.29 is 47.7 Å². The Kier molecular flexibility index (Phi) is 43.6. The van der Waals surface area contributed by atoms with Gasteiger partial charge in [0.1, 0.15) is 13.2 Å². The molecule has 11 heteroatoms. The Bertz CT molecular complexity index is 1130. The number of ether oxygens (including phenoxy) is 5. The highest BCUT2D eigenvalue weighted by molar-refractivity contribution is 5.73. The molecule has 0 aliphatic carbocycles. The molecule has 0 radical (unpaired) electrons. The second kappa shape index (κ2) is 45.5. The maximum absolute atomic E-state index is 13.0. The summed E-state index contributed by atoms with van der Waals surface area (Å²) in [6, 6.07) is 0. The Balaban J connectivity index is 4.90. The van der Waals surface area contributed by atoms with E-state index in [9.17, 15) is 24.0 Å². The molecule has 0 spiro atoms.